The third-order valence-corrected chi connectivity index (χ3v) is 8.81. The number of nitrogens with zero attached hydrogens (tertiary/aromatic N) is 2. The van der Waals surface area contributed by atoms with Gasteiger partial charge in [0.25, 0.3) is 0 Å². The minimum atomic E-state index is -1.83. The molecule has 2 heterocycles. The Kier molecular flexibility index (Phi) is 8.46. The van der Waals surface area contributed by atoms with E-state index in [0.29, 0.717) is 33.4 Å². The summed E-state index contributed by atoms with van der Waals surface area (Å²) in [7, 11) is 0. The number of aromatic nitrogens is 2. The van der Waals surface area contributed by atoms with Crippen LogP contribution in [0.2, 0.25) is 0 Å². The van der Waals surface area contributed by atoms with Crippen LogP contribution in [0.5, 0.6) is 5.75 Å². The van der Waals surface area contributed by atoms with Crippen molar-refractivity contribution in [2.45, 2.75) is 65.7 Å². The first-order chi connectivity index (χ1) is 23.6. The van der Waals surface area contributed by atoms with Gasteiger partial charge in [0.05, 0.1) is 11.1 Å². The summed E-state index contributed by atoms with van der Waals surface area (Å²) in [6, 6.07) is 34.6. The number of oxazole rings is 1. The van der Waals surface area contributed by atoms with Crippen LogP contribution < -0.4 is 0 Å². The Morgan fingerprint density at radius 1 is 0.714 bits per heavy atom. The molecule has 7 rings (SSSR count). The molecule has 0 amide bonds. The zero-order valence-corrected chi connectivity index (χ0v) is 31.2. The molecule has 5 aromatic carbocycles. The van der Waals surface area contributed by atoms with Crippen molar-refractivity contribution in [1.82, 2.24) is 9.97 Å². The average molecular weight is 827 g/mol. The second kappa shape index (κ2) is 13.1. The van der Waals surface area contributed by atoms with Gasteiger partial charge in [-0.25, -0.2) is 4.98 Å². The summed E-state index contributed by atoms with van der Waals surface area (Å²) in [6.45, 7) is 15.0. The monoisotopic (exact) mass is 826 g/mol. The molecule has 0 spiro atoms. The third kappa shape index (κ3) is 6.98. The standard InChI is InChI=1S/C44H41N2O2.Pt/c1-27-18-31(23-32(19-27)36-26-34(44(5,6)7)24-30-14-11-17-45-40(30)36)35-21-29(20-28-12-9-8-10-13-28)22-39-41(35)46-42(48-39)37-25-33(43(2,3)4)15-16-38(37)47;/h8-19,21-22,24-26,47H,20H2,1-7H3;/q-1;/i20D2;. The zero-order valence-electron chi connectivity index (χ0n) is 30.9. The van der Waals surface area contributed by atoms with E-state index in [-0.39, 0.29) is 43.5 Å². The smallest absolute Gasteiger partial charge is 0.230 e. The van der Waals surface area contributed by atoms with E-state index in [9.17, 15) is 7.85 Å². The average Bonchev–Trinajstić information content (AvgIpc) is 3.51. The molecule has 0 aliphatic heterocycles. The third-order valence-electron chi connectivity index (χ3n) is 8.81. The Hall–Kier alpha value is -4.53. The quantitative estimate of drug-likeness (QED) is 0.176. The number of aryl methyl sites for hydroxylation is 1. The van der Waals surface area contributed by atoms with Gasteiger partial charge in [-0.05, 0) is 69.1 Å². The van der Waals surface area contributed by atoms with Crippen LogP contribution >= 0.6 is 0 Å². The van der Waals surface area contributed by atoms with Crippen molar-refractivity contribution < 1.29 is 33.3 Å². The van der Waals surface area contributed by atoms with Gasteiger partial charge in [-0.2, -0.15) is 0 Å². The van der Waals surface area contributed by atoms with Crippen molar-refractivity contribution in [3.8, 4) is 39.5 Å². The molecule has 0 aliphatic carbocycles. The van der Waals surface area contributed by atoms with Crippen molar-refractivity contribution >= 4 is 22.0 Å². The first kappa shape index (κ1) is 31.7. The Morgan fingerprint density at radius 2 is 1.39 bits per heavy atom. The van der Waals surface area contributed by atoms with E-state index in [4.69, 9.17) is 14.4 Å². The molecule has 0 radical (unpaired) electrons. The number of hydrogen-bond acceptors (Lipinski definition) is 4. The summed E-state index contributed by atoms with van der Waals surface area (Å²) < 4.78 is 25.0. The molecule has 0 bridgehead atoms. The number of rotatable bonds is 5. The number of benzene rings is 5. The summed E-state index contributed by atoms with van der Waals surface area (Å²) in [5.41, 5.74) is 9.65. The fraction of sp³-hybridized carbons (Fsp3) is 0.227. The van der Waals surface area contributed by atoms with Crippen LogP contribution in [0.25, 0.3) is 55.7 Å². The van der Waals surface area contributed by atoms with E-state index in [1.165, 1.54) is 5.56 Å². The summed E-state index contributed by atoms with van der Waals surface area (Å²) in [4.78, 5) is 9.78. The second-order valence-electron chi connectivity index (χ2n) is 14.7. The largest absolute Gasteiger partial charge is 0.507 e. The Bertz CT molecular complexity index is 2400. The van der Waals surface area contributed by atoms with Gasteiger partial charge in [-0.3, -0.25) is 4.98 Å². The van der Waals surface area contributed by atoms with Gasteiger partial charge >= 0.3 is 0 Å². The predicted octanol–water partition coefficient (Wildman–Crippen LogP) is 11.4. The van der Waals surface area contributed by atoms with Crippen molar-refractivity contribution in [2.75, 3.05) is 0 Å². The first-order valence-corrected chi connectivity index (χ1v) is 16.4. The summed E-state index contributed by atoms with van der Waals surface area (Å²) >= 11 is 0. The van der Waals surface area contributed by atoms with Gasteiger partial charge in [0.2, 0.25) is 5.89 Å². The van der Waals surface area contributed by atoms with Gasteiger partial charge < -0.3 is 9.52 Å². The van der Waals surface area contributed by atoms with Gasteiger partial charge in [0.1, 0.15) is 11.3 Å². The molecular weight excluding hydrogens is 784 g/mol. The molecule has 0 saturated heterocycles. The first-order valence-electron chi connectivity index (χ1n) is 17.4. The molecule has 5 heteroatoms. The van der Waals surface area contributed by atoms with Crippen molar-refractivity contribution in [2.24, 2.45) is 0 Å². The maximum Gasteiger partial charge on any atom is 0.230 e. The van der Waals surface area contributed by atoms with Crippen molar-refractivity contribution in [1.29, 1.82) is 0 Å². The molecule has 0 saturated carbocycles. The van der Waals surface area contributed by atoms with E-state index in [2.05, 4.69) is 84.9 Å². The van der Waals surface area contributed by atoms with Gasteiger partial charge in [-0.1, -0.05) is 120 Å². The topological polar surface area (TPSA) is 59.2 Å². The second-order valence-corrected chi connectivity index (χ2v) is 14.7. The summed E-state index contributed by atoms with van der Waals surface area (Å²) in [5, 5.41) is 12.1. The fourth-order valence-electron chi connectivity index (χ4n) is 6.12. The summed E-state index contributed by atoms with van der Waals surface area (Å²) in [6.07, 6.45) is -0.0156. The number of fused-ring (bicyclic) bond motifs is 2. The van der Waals surface area contributed by atoms with Gasteiger partial charge in [-0.15, -0.1) is 34.9 Å². The van der Waals surface area contributed by atoms with Crippen LogP contribution in [-0.2, 0) is 38.3 Å². The molecule has 0 atom stereocenters. The van der Waals surface area contributed by atoms with E-state index >= 15 is 0 Å². The molecule has 0 aliphatic rings. The Labute approximate surface area is 306 Å². The SMILES string of the molecule is [2H]C([2H])(c1ccccc1)c1cc(-c2[c-]c(-c3cc(C(C)(C)C)cc4cccnc34)cc(C)c2)c2nc(-c3cc(C(C)(C)C)ccc3O)oc2c1.[Pt]. The number of phenolic OH excluding ortho intramolecular Hbond substituents is 1. The van der Waals surface area contributed by atoms with Crippen molar-refractivity contribution in [3.63, 3.8) is 0 Å². The number of pyridine rings is 1. The van der Waals surface area contributed by atoms with Crippen molar-refractivity contribution in [3.05, 3.63) is 137 Å². The maximum absolute atomic E-state index is 11.0. The number of hydrogen-bond donors (Lipinski definition) is 1. The minimum absolute atomic E-state index is 0. The maximum atomic E-state index is 11.0. The van der Waals surface area contributed by atoms with Gasteiger partial charge in [0.15, 0.2) is 0 Å². The van der Waals surface area contributed by atoms with E-state index in [1.54, 1.807) is 24.3 Å². The van der Waals surface area contributed by atoms with Crippen LogP contribution in [0.15, 0.2) is 108 Å². The molecule has 1 N–H and O–H groups in total. The predicted molar refractivity (Wildman–Crippen MR) is 198 cm³/mol. The minimum Gasteiger partial charge on any atom is -0.507 e. The van der Waals surface area contributed by atoms with Crippen LogP contribution in [0.4, 0.5) is 0 Å². The molecular formula is C44H41N2O2Pt-. The van der Waals surface area contributed by atoms with E-state index in [0.717, 1.165) is 38.7 Å². The summed E-state index contributed by atoms with van der Waals surface area (Å²) in [5.74, 6) is 0.330. The van der Waals surface area contributed by atoms with Crippen LogP contribution in [0.3, 0.4) is 0 Å². The van der Waals surface area contributed by atoms with Gasteiger partial charge in [0, 0.05) is 35.5 Å². The molecule has 2 aromatic heterocycles. The number of aromatic hydroxyl groups is 1. The Balaban J connectivity index is 0.00000448. The normalized spacial score (nSPS) is 12.9. The van der Waals surface area contributed by atoms with Crippen LogP contribution in [0.1, 0.15) is 72.1 Å². The molecule has 250 valence electrons. The van der Waals surface area contributed by atoms with Crippen LogP contribution in [0, 0.1) is 13.0 Å². The number of phenols is 1. The molecule has 7 aromatic rings. The Morgan fingerprint density at radius 3 is 2.08 bits per heavy atom. The van der Waals surface area contributed by atoms with E-state index < -0.39 is 6.37 Å². The molecule has 4 nitrogen and oxygen atoms in total. The van der Waals surface area contributed by atoms with Crippen LogP contribution in [-0.4, -0.2) is 15.1 Å². The molecule has 0 unspecified atom stereocenters. The fourth-order valence-corrected chi connectivity index (χ4v) is 6.12. The zero-order chi connectivity index (χ0) is 35.6. The van der Waals surface area contributed by atoms with E-state index in [1.807, 2.05) is 48.7 Å². The molecule has 49 heavy (non-hydrogen) atoms. The molecule has 0 fully saturated rings.